The van der Waals surface area contributed by atoms with Crippen LogP contribution < -0.4 is 0 Å². The average Bonchev–Trinajstić information content (AvgIpc) is 3.28. The molecule has 1 heterocycles. The van der Waals surface area contributed by atoms with Crippen LogP contribution in [0.3, 0.4) is 0 Å². The van der Waals surface area contributed by atoms with Crippen molar-refractivity contribution in [2.24, 2.45) is 0 Å². The summed E-state index contributed by atoms with van der Waals surface area (Å²) >= 11 is 0. The molecule has 0 amide bonds. The van der Waals surface area contributed by atoms with Gasteiger partial charge in [0.25, 0.3) is 0 Å². The van der Waals surface area contributed by atoms with E-state index in [9.17, 15) is 9.59 Å². The zero-order chi connectivity index (χ0) is 24.9. The zero-order valence-electron chi connectivity index (χ0n) is 21.3. The van der Waals surface area contributed by atoms with Crippen LogP contribution in [0.4, 0.5) is 0 Å². The first-order valence-corrected chi connectivity index (χ1v) is 13.6. The molecule has 0 atom stereocenters. The maximum Gasteiger partial charge on any atom is 0.212 e. The molecule has 2 aliphatic rings. The number of allylic oxidation sites excluding steroid dienone is 2. The van der Waals surface area contributed by atoms with Crippen LogP contribution in [0.25, 0.3) is 10.8 Å². The second-order valence-corrected chi connectivity index (χ2v) is 10.1. The Morgan fingerprint density at radius 2 is 1.22 bits per heavy atom. The Bertz CT molecular complexity index is 1290. The van der Waals surface area contributed by atoms with E-state index < -0.39 is 0 Å². The Morgan fingerprint density at radius 3 is 1.94 bits per heavy atom. The number of nitrogens with zero attached hydrogens (tertiary/aromatic N) is 2. The molecule has 0 saturated heterocycles. The Balaban J connectivity index is 1.34. The number of rotatable bonds is 11. The largest absolute Gasteiger partial charge is 0.349 e. The van der Waals surface area contributed by atoms with Crippen molar-refractivity contribution in [3.8, 4) is 0 Å². The first-order valence-electron chi connectivity index (χ1n) is 13.6. The second-order valence-electron chi connectivity index (χ2n) is 10.1. The van der Waals surface area contributed by atoms with E-state index in [1.807, 2.05) is 12.1 Å². The van der Waals surface area contributed by atoms with Gasteiger partial charge in [0.15, 0.2) is 0 Å². The second kappa shape index (κ2) is 11.1. The van der Waals surface area contributed by atoms with Crippen LogP contribution in [0.1, 0.15) is 78.1 Å². The molecule has 0 fully saturated rings. The fourth-order valence-corrected chi connectivity index (χ4v) is 5.67. The van der Waals surface area contributed by atoms with Crippen molar-refractivity contribution in [2.45, 2.75) is 58.3 Å². The highest BCUT2D eigenvalue weighted by Gasteiger charge is 2.42. The van der Waals surface area contributed by atoms with Crippen molar-refractivity contribution in [1.29, 1.82) is 0 Å². The monoisotopic (exact) mass is 480 g/mol. The van der Waals surface area contributed by atoms with E-state index in [1.165, 1.54) is 48.4 Å². The van der Waals surface area contributed by atoms with Crippen LogP contribution >= 0.6 is 0 Å². The molecular weight excluding hydrogens is 444 g/mol. The standard InChI is InChI=1S/C32H36N2O2/c1-2-3-4-5-6-7-12-21-33-23-34(22-20-25-16-13-15-24-14-8-9-17-26(24)25)30-29(33)31(35)27-18-10-11-19-28(27)32(30)36/h8-11,13-19H,2-7,12,20-23H2,1H3. The summed E-state index contributed by atoms with van der Waals surface area (Å²) < 4.78 is 0. The highest BCUT2D eigenvalue weighted by atomic mass is 16.1. The molecule has 0 bridgehead atoms. The zero-order valence-corrected chi connectivity index (χ0v) is 21.3. The minimum absolute atomic E-state index is 0.00388. The number of hydrogen-bond acceptors (Lipinski definition) is 4. The SMILES string of the molecule is CCCCCCCCCN1CN(CCc2cccc3ccccc23)C2=C1C(=O)c1ccccc1C2=O. The first kappa shape index (κ1) is 24.3. The van der Waals surface area contributed by atoms with Crippen molar-refractivity contribution in [2.75, 3.05) is 19.8 Å². The van der Waals surface area contributed by atoms with Crippen LogP contribution in [0.5, 0.6) is 0 Å². The van der Waals surface area contributed by atoms with Gasteiger partial charge in [-0.1, -0.05) is 112 Å². The van der Waals surface area contributed by atoms with Crippen molar-refractivity contribution in [1.82, 2.24) is 9.80 Å². The van der Waals surface area contributed by atoms with Gasteiger partial charge in [0.1, 0.15) is 11.4 Å². The number of benzene rings is 3. The number of carbonyl (C=O) groups is 2. The van der Waals surface area contributed by atoms with Gasteiger partial charge in [-0.3, -0.25) is 9.59 Å². The summed E-state index contributed by atoms with van der Waals surface area (Å²) in [7, 11) is 0. The third-order valence-corrected chi connectivity index (χ3v) is 7.61. The van der Waals surface area contributed by atoms with Crippen LogP contribution in [0.15, 0.2) is 78.1 Å². The Labute approximate surface area is 214 Å². The summed E-state index contributed by atoms with van der Waals surface area (Å²) in [5.74, 6) is -0.0176. The van der Waals surface area contributed by atoms with Crippen molar-refractivity contribution < 1.29 is 9.59 Å². The van der Waals surface area contributed by atoms with Gasteiger partial charge in [0.2, 0.25) is 11.6 Å². The molecule has 5 rings (SSSR count). The minimum atomic E-state index is -0.0137. The molecule has 36 heavy (non-hydrogen) atoms. The molecule has 0 radical (unpaired) electrons. The lowest BCUT2D eigenvalue weighted by Crippen LogP contribution is -2.31. The molecular formula is C32H36N2O2. The third kappa shape index (κ3) is 4.82. The maximum atomic E-state index is 13.6. The van der Waals surface area contributed by atoms with E-state index in [-0.39, 0.29) is 11.6 Å². The summed E-state index contributed by atoms with van der Waals surface area (Å²) in [5.41, 5.74) is 3.57. The van der Waals surface area contributed by atoms with Gasteiger partial charge >= 0.3 is 0 Å². The summed E-state index contributed by atoms with van der Waals surface area (Å²) in [6.45, 7) is 4.38. The Hall–Kier alpha value is -3.40. The molecule has 3 aromatic rings. The molecule has 4 heteroatoms. The van der Waals surface area contributed by atoms with Crippen LogP contribution in [-0.2, 0) is 6.42 Å². The van der Waals surface area contributed by atoms with E-state index in [0.29, 0.717) is 35.7 Å². The number of Topliss-reactive ketones (excluding diaryl/α,β-unsaturated/α-hetero) is 2. The number of unbranched alkanes of at least 4 members (excludes halogenated alkanes) is 6. The average molecular weight is 481 g/mol. The smallest absolute Gasteiger partial charge is 0.212 e. The van der Waals surface area contributed by atoms with E-state index in [4.69, 9.17) is 0 Å². The van der Waals surface area contributed by atoms with Crippen molar-refractivity contribution in [3.63, 3.8) is 0 Å². The van der Waals surface area contributed by atoms with Crippen molar-refractivity contribution >= 4 is 22.3 Å². The highest BCUT2D eigenvalue weighted by Crippen LogP contribution is 2.35. The normalized spacial score (nSPS) is 15.1. The van der Waals surface area contributed by atoms with Crippen LogP contribution in [0, 0.1) is 0 Å². The lowest BCUT2D eigenvalue weighted by Gasteiger charge is -2.23. The minimum Gasteiger partial charge on any atom is -0.349 e. The number of hydrogen-bond donors (Lipinski definition) is 0. The summed E-state index contributed by atoms with van der Waals surface area (Å²) in [6, 6.07) is 22.1. The summed E-state index contributed by atoms with van der Waals surface area (Å²) in [4.78, 5) is 31.5. The Kier molecular flexibility index (Phi) is 7.50. The molecule has 3 aromatic carbocycles. The van der Waals surface area contributed by atoms with Gasteiger partial charge in [-0.05, 0) is 29.2 Å². The quantitative estimate of drug-likeness (QED) is 0.277. The van der Waals surface area contributed by atoms with Gasteiger partial charge in [0, 0.05) is 24.2 Å². The van der Waals surface area contributed by atoms with Gasteiger partial charge in [-0.25, -0.2) is 0 Å². The fraction of sp³-hybridized carbons (Fsp3) is 0.375. The topological polar surface area (TPSA) is 40.6 Å². The summed E-state index contributed by atoms with van der Waals surface area (Å²) in [5, 5.41) is 2.49. The van der Waals surface area contributed by atoms with Crippen molar-refractivity contribution in [3.05, 3.63) is 94.8 Å². The lowest BCUT2D eigenvalue weighted by atomic mass is 9.90. The Morgan fingerprint density at radius 1 is 0.639 bits per heavy atom. The molecule has 4 nitrogen and oxygen atoms in total. The highest BCUT2D eigenvalue weighted by molar-refractivity contribution is 6.26. The van der Waals surface area contributed by atoms with E-state index in [1.54, 1.807) is 12.1 Å². The van der Waals surface area contributed by atoms with E-state index >= 15 is 0 Å². The maximum absolute atomic E-state index is 13.6. The third-order valence-electron chi connectivity index (χ3n) is 7.61. The molecule has 186 valence electrons. The van der Waals surface area contributed by atoms with E-state index in [0.717, 1.165) is 25.8 Å². The molecule has 0 unspecified atom stereocenters. The van der Waals surface area contributed by atoms with Gasteiger partial charge in [-0.2, -0.15) is 0 Å². The lowest BCUT2D eigenvalue weighted by molar-refractivity contribution is 0.0950. The first-order chi connectivity index (χ1) is 17.7. The van der Waals surface area contributed by atoms with Gasteiger partial charge in [0.05, 0.1) is 6.67 Å². The molecule has 1 aliphatic heterocycles. The fourth-order valence-electron chi connectivity index (χ4n) is 5.67. The predicted octanol–water partition coefficient (Wildman–Crippen LogP) is 7.00. The molecule has 0 spiro atoms. The van der Waals surface area contributed by atoms with Crippen LogP contribution in [0.2, 0.25) is 0 Å². The van der Waals surface area contributed by atoms with Gasteiger partial charge < -0.3 is 9.80 Å². The number of fused-ring (bicyclic) bond motifs is 2. The number of carbonyl (C=O) groups excluding carboxylic acids is 2. The number of ketones is 2. The molecule has 1 aliphatic carbocycles. The van der Waals surface area contributed by atoms with E-state index in [2.05, 4.69) is 59.2 Å². The van der Waals surface area contributed by atoms with Gasteiger partial charge in [-0.15, -0.1) is 0 Å². The predicted molar refractivity (Wildman–Crippen MR) is 146 cm³/mol. The molecule has 0 aromatic heterocycles. The molecule has 0 N–H and O–H groups in total. The molecule has 0 saturated carbocycles. The van der Waals surface area contributed by atoms with Crippen LogP contribution in [-0.4, -0.2) is 41.1 Å². The summed E-state index contributed by atoms with van der Waals surface area (Å²) in [6.07, 6.45) is 9.43.